The van der Waals surface area contributed by atoms with Gasteiger partial charge < -0.3 is 4.74 Å². The summed E-state index contributed by atoms with van der Waals surface area (Å²) in [5.41, 5.74) is 0.948. The van der Waals surface area contributed by atoms with Crippen molar-refractivity contribution in [3.8, 4) is 0 Å². The quantitative estimate of drug-likeness (QED) is 0.642. The summed E-state index contributed by atoms with van der Waals surface area (Å²) in [6.07, 6.45) is 6.95. The Kier molecular flexibility index (Phi) is 2.31. The van der Waals surface area contributed by atoms with Crippen LogP contribution >= 0.6 is 0 Å². The van der Waals surface area contributed by atoms with Gasteiger partial charge in [-0.2, -0.15) is 0 Å². The van der Waals surface area contributed by atoms with E-state index in [0.29, 0.717) is 18.6 Å². The number of allylic oxidation sites excluding steroid dienone is 1. The van der Waals surface area contributed by atoms with Crippen LogP contribution in [0.4, 0.5) is 0 Å². The Bertz CT molecular complexity index is 303. The SMILES string of the molecule is C=CCC[C@]12CC(=O)C[C@H](C=C1C)O2. The summed E-state index contributed by atoms with van der Waals surface area (Å²) in [5, 5.41) is 0. The molecule has 1 fully saturated rings. The minimum Gasteiger partial charge on any atom is -0.362 e. The van der Waals surface area contributed by atoms with Gasteiger partial charge in [0.2, 0.25) is 0 Å². The van der Waals surface area contributed by atoms with Crippen LogP contribution < -0.4 is 0 Å². The second-order valence-electron chi connectivity index (χ2n) is 4.25. The zero-order chi connectivity index (χ0) is 10.2. The first kappa shape index (κ1) is 9.66. The van der Waals surface area contributed by atoms with Crippen molar-refractivity contribution in [3.05, 3.63) is 24.3 Å². The van der Waals surface area contributed by atoms with Gasteiger partial charge in [-0.05, 0) is 25.3 Å². The molecule has 2 nitrogen and oxygen atoms in total. The fourth-order valence-corrected chi connectivity index (χ4v) is 2.42. The van der Waals surface area contributed by atoms with Crippen LogP contribution in [0.1, 0.15) is 32.6 Å². The maximum Gasteiger partial charge on any atom is 0.139 e. The molecular weight excluding hydrogens is 176 g/mol. The van der Waals surface area contributed by atoms with Gasteiger partial charge in [-0.3, -0.25) is 4.79 Å². The number of hydrogen-bond acceptors (Lipinski definition) is 2. The topological polar surface area (TPSA) is 26.3 Å². The van der Waals surface area contributed by atoms with E-state index in [9.17, 15) is 4.79 Å². The number of ether oxygens (including phenoxy) is 1. The Hall–Kier alpha value is -0.890. The molecule has 0 aromatic rings. The van der Waals surface area contributed by atoms with E-state index in [0.717, 1.165) is 12.8 Å². The van der Waals surface area contributed by atoms with Crippen molar-refractivity contribution in [1.82, 2.24) is 0 Å². The third kappa shape index (κ3) is 1.44. The molecule has 2 aliphatic rings. The molecule has 2 heterocycles. The van der Waals surface area contributed by atoms with Gasteiger partial charge in [0, 0.05) is 12.8 Å². The van der Waals surface area contributed by atoms with E-state index in [1.807, 2.05) is 6.08 Å². The van der Waals surface area contributed by atoms with E-state index in [1.165, 1.54) is 5.57 Å². The summed E-state index contributed by atoms with van der Waals surface area (Å²) in [6, 6.07) is 0. The highest BCUT2D eigenvalue weighted by atomic mass is 16.5. The zero-order valence-electron chi connectivity index (χ0n) is 8.58. The van der Waals surface area contributed by atoms with Crippen LogP contribution in [0.3, 0.4) is 0 Å². The van der Waals surface area contributed by atoms with E-state index < -0.39 is 0 Å². The minimum absolute atomic E-state index is 0.0427. The molecule has 0 spiro atoms. The van der Waals surface area contributed by atoms with Crippen LogP contribution in [0, 0.1) is 0 Å². The van der Waals surface area contributed by atoms with Crippen LogP contribution in [0.15, 0.2) is 24.3 Å². The molecule has 2 bridgehead atoms. The summed E-state index contributed by atoms with van der Waals surface area (Å²) in [6.45, 7) is 5.78. The second-order valence-corrected chi connectivity index (χ2v) is 4.25. The van der Waals surface area contributed by atoms with Crippen LogP contribution in [-0.4, -0.2) is 17.5 Å². The molecule has 0 aromatic carbocycles. The lowest BCUT2D eigenvalue weighted by atomic mass is 9.85. The first-order valence-electron chi connectivity index (χ1n) is 5.15. The van der Waals surface area contributed by atoms with Crippen LogP contribution in [0.5, 0.6) is 0 Å². The average molecular weight is 192 g/mol. The predicted octanol–water partition coefficient (Wildman–Crippen LogP) is 2.40. The number of carbonyl (C=O) groups excluding carboxylic acids is 1. The number of ketones is 1. The van der Waals surface area contributed by atoms with Crippen molar-refractivity contribution in [3.63, 3.8) is 0 Å². The monoisotopic (exact) mass is 192 g/mol. The number of carbonyl (C=O) groups is 1. The molecule has 0 N–H and O–H groups in total. The summed E-state index contributed by atoms with van der Waals surface area (Å²) in [4.78, 5) is 11.5. The van der Waals surface area contributed by atoms with E-state index in [-0.39, 0.29) is 11.7 Å². The van der Waals surface area contributed by atoms with Crippen molar-refractivity contribution >= 4 is 5.78 Å². The molecule has 2 atom stereocenters. The summed E-state index contributed by atoms with van der Waals surface area (Å²) >= 11 is 0. The smallest absolute Gasteiger partial charge is 0.139 e. The molecule has 0 aromatic heterocycles. The zero-order valence-corrected chi connectivity index (χ0v) is 8.58. The first-order valence-corrected chi connectivity index (χ1v) is 5.15. The molecule has 0 unspecified atom stereocenters. The number of Topliss-reactive ketones (excluding diaryl/α,β-unsaturated/α-hetero) is 1. The summed E-state index contributed by atoms with van der Waals surface area (Å²) in [7, 11) is 0. The first-order chi connectivity index (χ1) is 6.66. The van der Waals surface area contributed by atoms with Gasteiger partial charge in [-0.1, -0.05) is 12.2 Å². The molecule has 2 aliphatic heterocycles. The highest BCUT2D eigenvalue weighted by molar-refractivity contribution is 5.82. The highest BCUT2D eigenvalue weighted by Crippen LogP contribution is 2.42. The largest absolute Gasteiger partial charge is 0.362 e. The third-order valence-electron chi connectivity index (χ3n) is 3.20. The molecule has 0 amide bonds. The van der Waals surface area contributed by atoms with Crippen molar-refractivity contribution in [2.24, 2.45) is 0 Å². The maximum atomic E-state index is 11.5. The van der Waals surface area contributed by atoms with Gasteiger partial charge in [0.25, 0.3) is 0 Å². The average Bonchev–Trinajstić information content (AvgIpc) is 2.35. The van der Waals surface area contributed by atoms with Crippen LogP contribution in [0.25, 0.3) is 0 Å². The van der Waals surface area contributed by atoms with Gasteiger partial charge in [-0.15, -0.1) is 6.58 Å². The van der Waals surface area contributed by atoms with E-state index in [4.69, 9.17) is 4.74 Å². The lowest BCUT2D eigenvalue weighted by molar-refractivity contribution is -0.138. The number of fused-ring (bicyclic) bond motifs is 2. The highest BCUT2D eigenvalue weighted by Gasteiger charge is 2.45. The molecule has 1 saturated heterocycles. The van der Waals surface area contributed by atoms with Crippen molar-refractivity contribution in [2.45, 2.75) is 44.3 Å². The van der Waals surface area contributed by atoms with Gasteiger partial charge in [0.15, 0.2) is 0 Å². The maximum absolute atomic E-state index is 11.5. The van der Waals surface area contributed by atoms with E-state index in [1.54, 1.807) is 0 Å². The third-order valence-corrected chi connectivity index (χ3v) is 3.20. The Morgan fingerprint density at radius 1 is 1.79 bits per heavy atom. The van der Waals surface area contributed by atoms with E-state index in [2.05, 4.69) is 19.6 Å². The van der Waals surface area contributed by atoms with Gasteiger partial charge >= 0.3 is 0 Å². The fraction of sp³-hybridized carbons (Fsp3) is 0.583. The Morgan fingerprint density at radius 2 is 2.57 bits per heavy atom. The molecule has 0 aliphatic carbocycles. The number of rotatable bonds is 3. The molecule has 0 radical (unpaired) electrons. The molecular formula is C12H16O2. The Morgan fingerprint density at radius 3 is 3.29 bits per heavy atom. The molecule has 14 heavy (non-hydrogen) atoms. The standard InChI is InChI=1S/C12H16O2/c1-3-4-5-12-8-10(13)7-11(14-12)6-9(12)2/h3,6,11H,1,4-5,7-8H2,2H3/t11-,12-/m0/s1. The molecule has 0 saturated carbocycles. The lowest BCUT2D eigenvalue weighted by Gasteiger charge is -2.34. The van der Waals surface area contributed by atoms with E-state index >= 15 is 0 Å². The van der Waals surface area contributed by atoms with Gasteiger partial charge in [-0.25, -0.2) is 0 Å². The van der Waals surface area contributed by atoms with Gasteiger partial charge in [0.1, 0.15) is 5.78 Å². The van der Waals surface area contributed by atoms with Crippen LogP contribution in [-0.2, 0) is 9.53 Å². The molecule has 2 rings (SSSR count). The minimum atomic E-state index is -0.284. The van der Waals surface area contributed by atoms with Gasteiger partial charge in [0.05, 0.1) is 11.7 Å². The normalized spacial score (nSPS) is 35.6. The van der Waals surface area contributed by atoms with Crippen molar-refractivity contribution in [1.29, 1.82) is 0 Å². The Labute approximate surface area is 84.6 Å². The summed E-state index contributed by atoms with van der Waals surface area (Å²) < 4.78 is 5.91. The molecule has 76 valence electrons. The predicted molar refractivity (Wildman–Crippen MR) is 55.0 cm³/mol. The van der Waals surface area contributed by atoms with Crippen LogP contribution in [0.2, 0.25) is 0 Å². The lowest BCUT2D eigenvalue weighted by Crippen LogP contribution is -2.39. The number of hydrogen-bond donors (Lipinski definition) is 0. The fourth-order valence-electron chi connectivity index (χ4n) is 2.42. The van der Waals surface area contributed by atoms with Crippen molar-refractivity contribution in [2.75, 3.05) is 0 Å². The Balaban J connectivity index is 2.19. The summed E-state index contributed by atoms with van der Waals surface area (Å²) in [5.74, 6) is 0.332. The second kappa shape index (κ2) is 3.35. The molecule has 2 heteroatoms. The van der Waals surface area contributed by atoms with Crippen molar-refractivity contribution < 1.29 is 9.53 Å².